The Bertz CT molecular complexity index is 798. The fourth-order valence-corrected chi connectivity index (χ4v) is 4.89. The number of aryl methyl sites for hydroxylation is 1. The largest absolute Gasteiger partial charge is 0.373 e. The number of hydrogen-bond donors (Lipinski definition) is 1. The van der Waals surface area contributed by atoms with Gasteiger partial charge in [0.1, 0.15) is 5.82 Å². The van der Waals surface area contributed by atoms with Gasteiger partial charge in [-0.1, -0.05) is 12.1 Å². The first-order valence-electron chi connectivity index (χ1n) is 6.00. The van der Waals surface area contributed by atoms with Gasteiger partial charge in [-0.2, -0.15) is 0 Å². The molecule has 0 fully saturated rings. The summed E-state index contributed by atoms with van der Waals surface area (Å²) < 4.78 is 2.08. The maximum atomic E-state index is 4.73. The van der Waals surface area contributed by atoms with Crippen molar-refractivity contribution < 1.29 is 0 Å². The zero-order valence-electron chi connectivity index (χ0n) is 10.9. The lowest BCUT2D eigenvalue weighted by Gasteiger charge is -2.09. The highest BCUT2D eigenvalue weighted by molar-refractivity contribution is 9.12. The van der Waals surface area contributed by atoms with E-state index in [-0.39, 0.29) is 0 Å². The van der Waals surface area contributed by atoms with E-state index in [1.54, 1.807) is 11.3 Å². The maximum absolute atomic E-state index is 4.73. The lowest BCUT2D eigenvalue weighted by molar-refractivity contribution is 1.21. The third-order valence-corrected chi connectivity index (χ3v) is 5.40. The van der Waals surface area contributed by atoms with Gasteiger partial charge in [-0.25, -0.2) is 9.97 Å². The highest BCUT2D eigenvalue weighted by Gasteiger charge is 2.14. The van der Waals surface area contributed by atoms with E-state index in [9.17, 15) is 0 Å². The third-order valence-electron chi connectivity index (χ3n) is 3.06. The predicted octanol–water partition coefficient (Wildman–Crippen LogP) is 5.23. The van der Waals surface area contributed by atoms with E-state index >= 15 is 0 Å². The molecule has 0 spiro atoms. The van der Waals surface area contributed by atoms with E-state index in [1.807, 2.05) is 25.2 Å². The second kappa shape index (κ2) is 5.42. The van der Waals surface area contributed by atoms with Gasteiger partial charge in [-0.3, -0.25) is 0 Å². The number of fused-ring (bicyclic) bond motifs is 1. The number of para-hydroxylation sites is 1. The van der Waals surface area contributed by atoms with Crippen molar-refractivity contribution in [1.82, 2.24) is 9.97 Å². The topological polar surface area (TPSA) is 37.8 Å². The monoisotopic (exact) mass is 411 g/mol. The molecule has 1 N–H and O–H groups in total. The molecule has 1 aromatic carbocycles. The van der Waals surface area contributed by atoms with Crippen molar-refractivity contribution in [3.05, 3.63) is 37.4 Å². The summed E-state index contributed by atoms with van der Waals surface area (Å²) in [5.74, 6) is 1.58. The average Bonchev–Trinajstić information content (AvgIpc) is 2.77. The highest BCUT2D eigenvalue weighted by Crippen LogP contribution is 2.38. The quantitative estimate of drug-likeness (QED) is 0.625. The molecule has 0 aliphatic heterocycles. The minimum absolute atomic E-state index is 0.727. The van der Waals surface area contributed by atoms with Gasteiger partial charge in [-0.05, 0) is 56.5 Å². The van der Waals surface area contributed by atoms with Crippen molar-refractivity contribution in [3.63, 3.8) is 0 Å². The number of nitrogens with one attached hydrogen (secondary N) is 1. The fourth-order valence-electron chi connectivity index (χ4n) is 2.10. The van der Waals surface area contributed by atoms with Crippen LogP contribution in [0.1, 0.15) is 5.56 Å². The van der Waals surface area contributed by atoms with Crippen LogP contribution in [0.25, 0.3) is 22.3 Å². The van der Waals surface area contributed by atoms with Gasteiger partial charge in [0.25, 0.3) is 0 Å². The van der Waals surface area contributed by atoms with Gasteiger partial charge in [0.05, 0.1) is 13.1 Å². The van der Waals surface area contributed by atoms with Gasteiger partial charge in [0.15, 0.2) is 5.82 Å². The number of halogens is 2. The number of nitrogens with zero attached hydrogens (tertiary/aromatic N) is 2. The molecular formula is C14H11Br2N3S. The molecule has 0 radical (unpaired) electrons. The molecule has 3 nitrogen and oxygen atoms in total. The molecule has 0 bridgehead atoms. The first kappa shape index (κ1) is 14.0. The molecule has 0 saturated carbocycles. The van der Waals surface area contributed by atoms with E-state index < -0.39 is 0 Å². The lowest BCUT2D eigenvalue weighted by Crippen LogP contribution is -1.99. The Morgan fingerprint density at radius 2 is 2.00 bits per heavy atom. The maximum Gasteiger partial charge on any atom is 0.164 e. The summed E-state index contributed by atoms with van der Waals surface area (Å²) in [6, 6.07) is 8.17. The van der Waals surface area contributed by atoms with Crippen molar-refractivity contribution in [2.24, 2.45) is 0 Å². The number of aromatic nitrogens is 2. The number of benzene rings is 1. The first-order chi connectivity index (χ1) is 9.60. The Labute approximate surface area is 137 Å². The van der Waals surface area contributed by atoms with Crippen molar-refractivity contribution in [2.45, 2.75) is 6.92 Å². The Kier molecular flexibility index (Phi) is 3.79. The summed E-state index contributed by atoms with van der Waals surface area (Å²) in [4.78, 5) is 9.37. The average molecular weight is 413 g/mol. The molecule has 0 saturated heterocycles. The number of anilines is 1. The van der Waals surface area contributed by atoms with Crippen LogP contribution in [0.5, 0.6) is 0 Å². The van der Waals surface area contributed by atoms with Crippen molar-refractivity contribution in [2.75, 3.05) is 12.4 Å². The minimum atomic E-state index is 0.727. The molecule has 3 rings (SSSR count). The van der Waals surface area contributed by atoms with Gasteiger partial charge < -0.3 is 5.32 Å². The van der Waals surface area contributed by atoms with Crippen LogP contribution in [0, 0.1) is 6.92 Å². The summed E-state index contributed by atoms with van der Waals surface area (Å²) in [7, 11) is 1.88. The van der Waals surface area contributed by atoms with E-state index in [1.165, 1.54) is 0 Å². The van der Waals surface area contributed by atoms with Gasteiger partial charge >= 0.3 is 0 Å². The molecule has 2 heterocycles. The Hall–Kier alpha value is -0.980. The van der Waals surface area contributed by atoms with Crippen LogP contribution in [-0.2, 0) is 0 Å². The van der Waals surface area contributed by atoms with Gasteiger partial charge in [0, 0.05) is 18.0 Å². The molecule has 0 unspecified atom stereocenters. The Balaban J connectivity index is 2.32. The zero-order chi connectivity index (χ0) is 14.3. The molecule has 3 aromatic rings. The molecule has 20 heavy (non-hydrogen) atoms. The molecule has 0 aliphatic rings. The third kappa shape index (κ3) is 2.36. The van der Waals surface area contributed by atoms with Crippen LogP contribution in [0.2, 0.25) is 0 Å². The lowest BCUT2D eigenvalue weighted by atomic mass is 10.1. The Morgan fingerprint density at radius 1 is 1.20 bits per heavy atom. The molecule has 6 heteroatoms. The molecule has 0 amide bonds. The van der Waals surface area contributed by atoms with E-state index in [4.69, 9.17) is 4.98 Å². The van der Waals surface area contributed by atoms with Crippen LogP contribution < -0.4 is 5.32 Å². The highest BCUT2D eigenvalue weighted by atomic mass is 79.9. The minimum Gasteiger partial charge on any atom is -0.373 e. The smallest absolute Gasteiger partial charge is 0.164 e. The van der Waals surface area contributed by atoms with Crippen LogP contribution in [0.4, 0.5) is 5.82 Å². The first-order valence-corrected chi connectivity index (χ1v) is 8.40. The van der Waals surface area contributed by atoms with Crippen LogP contribution in [-0.4, -0.2) is 17.0 Å². The standard InChI is InChI=1S/C14H11Br2N3S/c1-7-4-3-5-8-11(7)18-14(19-13(8)17-2)9-6-10(15)20-12(9)16/h3-6H,1-2H3,(H,17,18,19). The molecule has 0 aliphatic carbocycles. The number of thiophene rings is 1. The normalized spacial score (nSPS) is 11.0. The van der Waals surface area contributed by atoms with E-state index in [2.05, 4.69) is 55.2 Å². The van der Waals surface area contributed by atoms with Crippen LogP contribution in [0.15, 0.2) is 31.8 Å². The second-order valence-electron chi connectivity index (χ2n) is 4.35. The predicted molar refractivity (Wildman–Crippen MR) is 92.5 cm³/mol. The zero-order valence-corrected chi connectivity index (χ0v) is 14.9. The summed E-state index contributed by atoms with van der Waals surface area (Å²) in [6.07, 6.45) is 0. The van der Waals surface area contributed by atoms with Crippen molar-refractivity contribution >= 4 is 59.9 Å². The SMILES string of the molecule is CNc1nc(-c2cc(Br)sc2Br)nc2c(C)cccc12. The fraction of sp³-hybridized carbons (Fsp3) is 0.143. The van der Waals surface area contributed by atoms with Crippen LogP contribution in [0.3, 0.4) is 0 Å². The van der Waals surface area contributed by atoms with Gasteiger partial charge in [0.2, 0.25) is 0 Å². The Morgan fingerprint density at radius 3 is 2.65 bits per heavy atom. The number of hydrogen-bond acceptors (Lipinski definition) is 4. The van der Waals surface area contributed by atoms with Crippen molar-refractivity contribution in [3.8, 4) is 11.4 Å². The summed E-state index contributed by atoms with van der Waals surface area (Å²) in [5, 5.41) is 4.20. The molecular weight excluding hydrogens is 402 g/mol. The second-order valence-corrected chi connectivity index (χ2v) is 8.10. The van der Waals surface area contributed by atoms with Gasteiger partial charge in [-0.15, -0.1) is 11.3 Å². The molecule has 102 valence electrons. The molecule has 2 aromatic heterocycles. The van der Waals surface area contributed by atoms with Crippen molar-refractivity contribution in [1.29, 1.82) is 0 Å². The summed E-state index contributed by atoms with van der Waals surface area (Å²) >= 11 is 8.69. The summed E-state index contributed by atoms with van der Waals surface area (Å²) in [5.41, 5.74) is 3.13. The van der Waals surface area contributed by atoms with Crippen LogP contribution >= 0.6 is 43.2 Å². The van der Waals surface area contributed by atoms with E-state index in [0.29, 0.717) is 0 Å². The summed E-state index contributed by atoms with van der Waals surface area (Å²) in [6.45, 7) is 2.07. The van der Waals surface area contributed by atoms with E-state index in [0.717, 1.165) is 41.2 Å². The number of rotatable bonds is 2. The molecule has 0 atom stereocenters.